The Morgan fingerprint density at radius 3 is 2.05 bits per heavy atom. The second-order valence-electron chi connectivity index (χ2n) is 4.34. The molecule has 0 aliphatic rings. The van der Waals surface area contributed by atoms with Gasteiger partial charge in [-0.1, -0.05) is 54.6 Å². The lowest BCUT2D eigenvalue weighted by Crippen LogP contribution is -2.24. The summed E-state index contributed by atoms with van der Waals surface area (Å²) in [5.74, 6) is -1.45. The highest BCUT2D eigenvalue weighted by Crippen LogP contribution is 2.23. The van der Waals surface area contributed by atoms with Crippen molar-refractivity contribution in [1.29, 1.82) is 5.26 Å². The van der Waals surface area contributed by atoms with Gasteiger partial charge in [-0.15, -0.1) is 0 Å². The third-order valence-corrected chi connectivity index (χ3v) is 3.12. The number of carbonyl (C=O) groups is 1. The average molecular weight is 262 g/mol. The predicted molar refractivity (Wildman–Crippen MR) is 75.1 cm³/mol. The lowest BCUT2D eigenvalue weighted by molar-refractivity contribution is -0.298. The molecule has 0 unspecified atom stereocenters. The fourth-order valence-corrected chi connectivity index (χ4v) is 1.97. The van der Waals surface area contributed by atoms with E-state index in [2.05, 4.69) is 0 Å². The summed E-state index contributed by atoms with van der Waals surface area (Å²) < 4.78 is 0. The van der Waals surface area contributed by atoms with Crippen molar-refractivity contribution in [3.63, 3.8) is 0 Å². The third kappa shape index (κ3) is 2.76. The predicted octanol–water partition coefficient (Wildman–Crippen LogP) is 2.40. The minimum atomic E-state index is -1.45. The topological polar surface area (TPSA) is 63.9 Å². The summed E-state index contributed by atoms with van der Waals surface area (Å²) in [7, 11) is 0. The van der Waals surface area contributed by atoms with Gasteiger partial charge < -0.3 is 9.90 Å². The van der Waals surface area contributed by atoms with Gasteiger partial charge in [-0.3, -0.25) is 0 Å². The Bertz CT molecular complexity index is 692. The molecule has 0 saturated heterocycles. The first kappa shape index (κ1) is 13.6. The zero-order valence-electron chi connectivity index (χ0n) is 11.0. The van der Waals surface area contributed by atoms with Gasteiger partial charge in [-0.05, 0) is 29.2 Å². The molecular weight excluding hydrogens is 250 g/mol. The fourth-order valence-electron chi connectivity index (χ4n) is 1.97. The highest BCUT2D eigenvalue weighted by molar-refractivity contribution is 5.98. The van der Waals surface area contributed by atoms with Crippen molar-refractivity contribution in [1.82, 2.24) is 0 Å². The van der Waals surface area contributed by atoms with Gasteiger partial charge in [0.1, 0.15) is 6.07 Å². The Morgan fingerprint density at radius 1 is 1.00 bits per heavy atom. The fraction of sp³-hybridized carbons (Fsp3) is 0.0588. The number of carboxylic acid groups (broad SMARTS) is 1. The maximum atomic E-state index is 10.8. The molecule has 98 valence electrons. The quantitative estimate of drug-likeness (QED) is 0.630. The van der Waals surface area contributed by atoms with Gasteiger partial charge in [0.2, 0.25) is 0 Å². The smallest absolute Gasteiger partial charge is 0.101 e. The molecule has 3 nitrogen and oxygen atoms in total. The number of nitriles is 1. The highest BCUT2D eigenvalue weighted by Gasteiger charge is 2.06. The third-order valence-electron chi connectivity index (χ3n) is 3.12. The van der Waals surface area contributed by atoms with E-state index >= 15 is 0 Å². The SMILES string of the molecule is C/C(=C(\C#N)C(=O)[O-])c1ccc(-c2ccccc2)cc1. The summed E-state index contributed by atoms with van der Waals surface area (Å²) >= 11 is 0. The number of carbonyl (C=O) groups excluding carboxylic acids is 1. The molecule has 2 rings (SSSR count). The van der Waals surface area contributed by atoms with Crippen molar-refractivity contribution < 1.29 is 9.90 Å². The molecule has 0 fully saturated rings. The average Bonchev–Trinajstić information content (AvgIpc) is 2.48. The first-order valence-electron chi connectivity index (χ1n) is 6.11. The minimum Gasteiger partial charge on any atom is -0.544 e. The molecule has 2 aromatic rings. The first-order chi connectivity index (χ1) is 9.63. The van der Waals surface area contributed by atoms with Crippen LogP contribution in [0.2, 0.25) is 0 Å². The molecule has 0 aliphatic heterocycles. The van der Waals surface area contributed by atoms with E-state index in [9.17, 15) is 9.90 Å². The number of benzene rings is 2. The zero-order chi connectivity index (χ0) is 14.5. The van der Waals surface area contributed by atoms with Crippen molar-refractivity contribution in [2.45, 2.75) is 6.92 Å². The number of hydrogen-bond acceptors (Lipinski definition) is 3. The van der Waals surface area contributed by atoms with Crippen LogP contribution in [0.15, 0.2) is 60.2 Å². The molecule has 2 aromatic carbocycles. The molecular formula is C17H12NO2-. The molecule has 0 heterocycles. The van der Waals surface area contributed by atoms with E-state index in [0.29, 0.717) is 11.1 Å². The Hall–Kier alpha value is -2.86. The molecule has 0 bridgehead atoms. The Morgan fingerprint density at radius 2 is 1.55 bits per heavy atom. The summed E-state index contributed by atoms with van der Waals surface area (Å²) in [4.78, 5) is 10.8. The number of rotatable bonds is 3. The maximum Gasteiger partial charge on any atom is 0.101 e. The van der Waals surface area contributed by atoms with Crippen LogP contribution < -0.4 is 5.11 Å². The molecule has 0 aromatic heterocycles. The minimum absolute atomic E-state index is 0.336. The first-order valence-corrected chi connectivity index (χ1v) is 6.11. The zero-order valence-corrected chi connectivity index (χ0v) is 11.0. The van der Waals surface area contributed by atoms with Crippen molar-refractivity contribution in [2.24, 2.45) is 0 Å². The molecule has 0 amide bonds. The second-order valence-corrected chi connectivity index (χ2v) is 4.34. The van der Waals surface area contributed by atoms with Crippen LogP contribution >= 0.6 is 0 Å². The van der Waals surface area contributed by atoms with Gasteiger partial charge >= 0.3 is 0 Å². The maximum absolute atomic E-state index is 10.8. The lowest BCUT2D eigenvalue weighted by atomic mass is 9.98. The second kappa shape index (κ2) is 5.85. The standard InChI is InChI=1S/C17H13NO2/c1-12(16(11-18)17(19)20)13-7-9-15(10-8-13)14-5-3-2-4-6-14/h2-10H,1H3,(H,19,20)/p-1/b16-12-. The van der Waals surface area contributed by atoms with E-state index in [1.807, 2.05) is 42.5 Å². The van der Waals surface area contributed by atoms with E-state index in [0.717, 1.165) is 11.1 Å². The normalized spacial score (nSPS) is 11.4. The number of nitrogens with zero attached hydrogens (tertiary/aromatic N) is 1. The molecule has 0 saturated carbocycles. The number of aliphatic carboxylic acids is 1. The lowest BCUT2D eigenvalue weighted by Gasteiger charge is -2.08. The monoisotopic (exact) mass is 262 g/mol. The van der Waals surface area contributed by atoms with E-state index in [-0.39, 0.29) is 5.57 Å². The number of carboxylic acids is 1. The van der Waals surface area contributed by atoms with Gasteiger partial charge in [0.05, 0.1) is 11.5 Å². The van der Waals surface area contributed by atoms with Crippen LogP contribution in [-0.4, -0.2) is 5.97 Å². The van der Waals surface area contributed by atoms with Crippen LogP contribution in [0.5, 0.6) is 0 Å². The van der Waals surface area contributed by atoms with E-state index < -0.39 is 5.97 Å². The van der Waals surface area contributed by atoms with E-state index in [1.54, 1.807) is 25.1 Å². The Balaban J connectivity index is 2.39. The molecule has 0 N–H and O–H groups in total. The summed E-state index contributed by atoms with van der Waals surface area (Å²) in [6.45, 7) is 1.60. The largest absolute Gasteiger partial charge is 0.544 e. The molecule has 0 radical (unpaired) electrons. The van der Waals surface area contributed by atoms with Gasteiger partial charge in [0.15, 0.2) is 0 Å². The van der Waals surface area contributed by atoms with Crippen molar-refractivity contribution in [3.8, 4) is 17.2 Å². The van der Waals surface area contributed by atoms with Gasteiger partial charge in [-0.2, -0.15) is 5.26 Å². The van der Waals surface area contributed by atoms with Gasteiger partial charge in [0.25, 0.3) is 0 Å². The summed E-state index contributed by atoms with van der Waals surface area (Å²) in [6.07, 6.45) is 0. The van der Waals surface area contributed by atoms with Crippen molar-refractivity contribution in [2.75, 3.05) is 0 Å². The van der Waals surface area contributed by atoms with Gasteiger partial charge in [-0.25, -0.2) is 0 Å². The van der Waals surface area contributed by atoms with Gasteiger partial charge in [0, 0.05) is 0 Å². The summed E-state index contributed by atoms with van der Waals surface area (Å²) in [6, 6.07) is 18.9. The number of allylic oxidation sites excluding steroid dienone is 1. The van der Waals surface area contributed by atoms with Crippen LogP contribution in [0.1, 0.15) is 12.5 Å². The van der Waals surface area contributed by atoms with Crippen LogP contribution in [0.3, 0.4) is 0 Å². The molecule has 20 heavy (non-hydrogen) atoms. The Kier molecular flexibility index (Phi) is 3.97. The summed E-state index contributed by atoms with van der Waals surface area (Å²) in [5, 5.41) is 19.7. The molecule has 0 aliphatic carbocycles. The summed E-state index contributed by atoms with van der Waals surface area (Å²) in [5.41, 5.74) is 2.89. The van der Waals surface area contributed by atoms with Crippen molar-refractivity contribution >= 4 is 11.5 Å². The molecule has 0 spiro atoms. The van der Waals surface area contributed by atoms with Crippen LogP contribution in [-0.2, 0) is 4.79 Å². The van der Waals surface area contributed by atoms with E-state index in [4.69, 9.17) is 5.26 Å². The van der Waals surface area contributed by atoms with Crippen LogP contribution in [0, 0.1) is 11.3 Å². The number of hydrogen-bond donors (Lipinski definition) is 0. The highest BCUT2D eigenvalue weighted by atomic mass is 16.4. The molecule has 0 atom stereocenters. The Labute approximate surface area is 117 Å². The van der Waals surface area contributed by atoms with E-state index in [1.165, 1.54) is 0 Å². The van der Waals surface area contributed by atoms with Crippen LogP contribution in [0.25, 0.3) is 16.7 Å². The van der Waals surface area contributed by atoms with Crippen molar-refractivity contribution in [3.05, 3.63) is 65.7 Å². The molecule has 3 heteroatoms. The van der Waals surface area contributed by atoms with Crippen LogP contribution in [0.4, 0.5) is 0 Å².